The fourth-order valence-corrected chi connectivity index (χ4v) is 2.64. The Morgan fingerprint density at radius 3 is 2.58 bits per heavy atom. The molecule has 104 valence electrons. The minimum Gasteiger partial charge on any atom is -0.493 e. The second kappa shape index (κ2) is 6.09. The SMILES string of the molecule is COc1cc(C=O)ccc1OC1CCC(C)C(C)C1. The van der Waals surface area contributed by atoms with Gasteiger partial charge in [0.15, 0.2) is 11.5 Å². The molecule has 3 atom stereocenters. The first-order chi connectivity index (χ1) is 9.13. The molecule has 1 saturated carbocycles. The minimum atomic E-state index is 0.252. The Morgan fingerprint density at radius 1 is 1.16 bits per heavy atom. The van der Waals surface area contributed by atoms with Crippen LogP contribution in [0.1, 0.15) is 43.5 Å². The van der Waals surface area contributed by atoms with Gasteiger partial charge in [-0.2, -0.15) is 0 Å². The molecule has 19 heavy (non-hydrogen) atoms. The third-order valence-corrected chi connectivity index (χ3v) is 4.17. The monoisotopic (exact) mass is 262 g/mol. The number of benzene rings is 1. The van der Waals surface area contributed by atoms with E-state index in [1.807, 2.05) is 6.07 Å². The van der Waals surface area contributed by atoms with Gasteiger partial charge >= 0.3 is 0 Å². The Balaban J connectivity index is 2.08. The highest BCUT2D eigenvalue weighted by Gasteiger charge is 2.26. The van der Waals surface area contributed by atoms with E-state index in [0.29, 0.717) is 17.2 Å². The van der Waals surface area contributed by atoms with Crippen LogP contribution in [0.15, 0.2) is 18.2 Å². The molecule has 1 aliphatic carbocycles. The average Bonchev–Trinajstić information content (AvgIpc) is 2.43. The lowest BCUT2D eigenvalue weighted by atomic mass is 9.80. The fourth-order valence-electron chi connectivity index (χ4n) is 2.64. The number of rotatable bonds is 4. The second-order valence-electron chi connectivity index (χ2n) is 5.54. The summed E-state index contributed by atoms with van der Waals surface area (Å²) in [6.07, 6.45) is 4.45. The highest BCUT2D eigenvalue weighted by molar-refractivity contribution is 5.76. The summed E-state index contributed by atoms with van der Waals surface area (Å²) >= 11 is 0. The lowest BCUT2D eigenvalue weighted by molar-refractivity contribution is 0.0976. The van der Waals surface area contributed by atoms with E-state index in [2.05, 4.69) is 13.8 Å². The Morgan fingerprint density at radius 2 is 1.95 bits per heavy atom. The zero-order valence-corrected chi connectivity index (χ0v) is 11.9. The molecule has 3 unspecified atom stereocenters. The molecule has 0 aromatic heterocycles. The van der Waals surface area contributed by atoms with Crippen LogP contribution in [0.2, 0.25) is 0 Å². The largest absolute Gasteiger partial charge is 0.493 e. The summed E-state index contributed by atoms with van der Waals surface area (Å²) in [5.74, 6) is 2.84. The van der Waals surface area contributed by atoms with Crippen molar-refractivity contribution in [2.24, 2.45) is 11.8 Å². The van der Waals surface area contributed by atoms with Crippen LogP contribution in [0.4, 0.5) is 0 Å². The van der Waals surface area contributed by atoms with Crippen LogP contribution < -0.4 is 9.47 Å². The van der Waals surface area contributed by atoms with Crippen molar-refractivity contribution in [1.29, 1.82) is 0 Å². The first-order valence-corrected chi connectivity index (χ1v) is 6.94. The number of hydrogen-bond donors (Lipinski definition) is 0. The molecule has 0 heterocycles. The summed E-state index contributed by atoms with van der Waals surface area (Å²) in [6, 6.07) is 5.31. The van der Waals surface area contributed by atoms with Crippen LogP contribution in [-0.4, -0.2) is 19.5 Å². The first kappa shape index (κ1) is 13.9. The van der Waals surface area contributed by atoms with E-state index < -0.39 is 0 Å². The predicted octanol–water partition coefficient (Wildman–Crippen LogP) is 3.71. The van der Waals surface area contributed by atoms with Crippen LogP contribution >= 0.6 is 0 Å². The highest BCUT2D eigenvalue weighted by atomic mass is 16.5. The maximum atomic E-state index is 10.8. The van der Waals surface area contributed by atoms with Crippen LogP contribution in [-0.2, 0) is 0 Å². The van der Waals surface area contributed by atoms with Crippen molar-refractivity contribution in [3.63, 3.8) is 0 Å². The van der Waals surface area contributed by atoms with Gasteiger partial charge in [0.1, 0.15) is 6.29 Å². The molecular weight excluding hydrogens is 240 g/mol. The maximum absolute atomic E-state index is 10.8. The predicted molar refractivity (Wildman–Crippen MR) is 75.0 cm³/mol. The van der Waals surface area contributed by atoms with Gasteiger partial charge in [-0.25, -0.2) is 0 Å². The normalized spacial score (nSPS) is 26.8. The molecular formula is C16H22O3. The highest BCUT2D eigenvalue weighted by Crippen LogP contribution is 2.35. The van der Waals surface area contributed by atoms with Crippen molar-refractivity contribution in [2.75, 3.05) is 7.11 Å². The quantitative estimate of drug-likeness (QED) is 0.776. The third kappa shape index (κ3) is 3.28. The maximum Gasteiger partial charge on any atom is 0.161 e. The van der Waals surface area contributed by atoms with Gasteiger partial charge in [0.25, 0.3) is 0 Å². The number of methoxy groups -OCH3 is 1. The number of aldehydes is 1. The van der Waals surface area contributed by atoms with Crippen LogP contribution in [0.3, 0.4) is 0 Å². The average molecular weight is 262 g/mol. The van der Waals surface area contributed by atoms with Crippen molar-refractivity contribution >= 4 is 6.29 Å². The van der Waals surface area contributed by atoms with E-state index in [1.54, 1.807) is 19.2 Å². The molecule has 2 rings (SSSR count). The lowest BCUT2D eigenvalue weighted by Crippen LogP contribution is -2.28. The second-order valence-corrected chi connectivity index (χ2v) is 5.54. The van der Waals surface area contributed by atoms with E-state index in [1.165, 1.54) is 6.42 Å². The first-order valence-electron chi connectivity index (χ1n) is 6.94. The summed E-state index contributed by atoms with van der Waals surface area (Å²) in [7, 11) is 1.60. The fraction of sp³-hybridized carbons (Fsp3) is 0.562. The molecule has 3 heteroatoms. The van der Waals surface area contributed by atoms with Gasteiger partial charge < -0.3 is 9.47 Å². The minimum absolute atomic E-state index is 0.252. The van der Waals surface area contributed by atoms with Gasteiger partial charge in [-0.3, -0.25) is 4.79 Å². The standard InChI is InChI=1S/C16H22O3/c1-11-4-6-14(8-12(11)2)19-15-7-5-13(10-17)9-16(15)18-3/h5,7,9-12,14H,4,6,8H2,1-3H3. The Labute approximate surface area is 114 Å². The molecule has 0 aliphatic heterocycles. The smallest absolute Gasteiger partial charge is 0.161 e. The Hall–Kier alpha value is -1.51. The molecule has 0 N–H and O–H groups in total. The summed E-state index contributed by atoms with van der Waals surface area (Å²) in [6.45, 7) is 4.59. The van der Waals surface area contributed by atoms with Gasteiger partial charge in [0.2, 0.25) is 0 Å². The summed E-state index contributed by atoms with van der Waals surface area (Å²) in [5.41, 5.74) is 0.606. The van der Waals surface area contributed by atoms with E-state index >= 15 is 0 Å². The summed E-state index contributed by atoms with van der Waals surface area (Å²) < 4.78 is 11.3. The van der Waals surface area contributed by atoms with Gasteiger partial charge in [-0.15, -0.1) is 0 Å². The number of ether oxygens (including phenoxy) is 2. The number of carbonyl (C=O) groups excluding carboxylic acids is 1. The zero-order valence-electron chi connectivity index (χ0n) is 11.9. The summed E-state index contributed by atoms with van der Waals surface area (Å²) in [5, 5.41) is 0. The summed E-state index contributed by atoms with van der Waals surface area (Å²) in [4.78, 5) is 10.8. The molecule has 1 fully saturated rings. The van der Waals surface area contributed by atoms with Gasteiger partial charge in [-0.1, -0.05) is 13.8 Å². The van der Waals surface area contributed by atoms with Crippen LogP contribution in [0.25, 0.3) is 0 Å². The van der Waals surface area contributed by atoms with Crippen molar-refractivity contribution < 1.29 is 14.3 Å². The molecule has 1 aliphatic rings. The van der Waals surface area contributed by atoms with E-state index in [9.17, 15) is 4.79 Å². The molecule has 0 bridgehead atoms. The molecule has 0 saturated heterocycles. The third-order valence-electron chi connectivity index (χ3n) is 4.17. The van der Waals surface area contributed by atoms with Crippen LogP contribution in [0.5, 0.6) is 11.5 Å². The molecule has 3 nitrogen and oxygen atoms in total. The number of hydrogen-bond acceptors (Lipinski definition) is 3. The Kier molecular flexibility index (Phi) is 4.46. The molecule has 1 aromatic rings. The van der Waals surface area contributed by atoms with Gasteiger partial charge in [0, 0.05) is 5.56 Å². The van der Waals surface area contributed by atoms with Crippen molar-refractivity contribution in [3.05, 3.63) is 23.8 Å². The molecule has 0 amide bonds. The van der Waals surface area contributed by atoms with Crippen molar-refractivity contribution in [2.45, 2.75) is 39.2 Å². The molecule has 0 radical (unpaired) electrons. The molecule has 1 aromatic carbocycles. The van der Waals surface area contributed by atoms with E-state index in [4.69, 9.17) is 9.47 Å². The van der Waals surface area contributed by atoms with E-state index in [0.717, 1.165) is 30.8 Å². The van der Waals surface area contributed by atoms with Gasteiger partial charge in [0.05, 0.1) is 13.2 Å². The molecule has 0 spiro atoms. The van der Waals surface area contributed by atoms with E-state index in [-0.39, 0.29) is 6.10 Å². The van der Waals surface area contributed by atoms with Gasteiger partial charge in [-0.05, 0) is 49.3 Å². The van der Waals surface area contributed by atoms with Crippen LogP contribution in [0, 0.1) is 11.8 Å². The zero-order chi connectivity index (χ0) is 13.8. The topological polar surface area (TPSA) is 35.5 Å². The Bertz CT molecular complexity index is 442. The van der Waals surface area contributed by atoms with Crippen molar-refractivity contribution in [3.8, 4) is 11.5 Å². The van der Waals surface area contributed by atoms with Crippen molar-refractivity contribution in [1.82, 2.24) is 0 Å². The number of carbonyl (C=O) groups is 1. The lowest BCUT2D eigenvalue weighted by Gasteiger charge is -2.32.